The van der Waals surface area contributed by atoms with E-state index in [9.17, 15) is 23.3 Å². The first kappa shape index (κ1) is 23.4. The minimum atomic E-state index is -4.11. The summed E-state index contributed by atoms with van der Waals surface area (Å²) < 4.78 is 25.8. The van der Waals surface area contributed by atoms with E-state index in [0.717, 1.165) is 28.4 Å². The molecule has 162 valence electrons. The monoisotopic (exact) mass is 483 g/mol. The lowest BCUT2D eigenvalue weighted by atomic mass is 10.2. The molecular formula is C22H17N3O4S3. The van der Waals surface area contributed by atoms with Crippen molar-refractivity contribution in [2.45, 2.75) is 18.7 Å². The van der Waals surface area contributed by atoms with E-state index in [1.165, 1.54) is 19.1 Å². The minimum absolute atomic E-state index is 0.0452. The number of hydrogen-bond acceptors (Lipinski definition) is 7. The largest absolute Gasteiger partial charge is 0.326 e. The molecule has 1 fully saturated rings. The first-order chi connectivity index (χ1) is 15.1. The second-order valence-electron chi connectivity index (χ2n) is 6.78. The number of carbonyl (C=O) groups excluding carboxylic acids is 2. The van der Waals surface area contributed by atoms with Crippen molar-refractivity contribution in [3.05, 3.63) is 75.7 Å². The van der Waals surface area contributed by atoms with Gasteiger partial charge >= 0.3 is 0 Å². The van der Waals surface area contributed by atoms with Gasteiger partial charge in [0.25, 0.3) is 5.91 Å². The number of nitrogens with one attached hydrogen (secondary N) is 1. The Labute approximate surface area is 195 Å². The first-order valence-corrected chi connectivity index (χ1v) is 11.9. The lowest BCUT2D eigenvalue weighted by Gasteiger charge is -2.10. The van der Waals surface area contributed by atoms with Gasteiger partial charge in [-0.05, 0) is 42.8 Å². The average Bonchev–Trinajstić information content (AvgIpc) is 3.00. The van der Waals surface area contributed by atoms with Gasteiger partial charge in [-0.3, -0.25) is 14.5 Å². The van der Waals surface area contributed by atoms with Crippen LogP contribution in [0.15, 0.2) is 69.4 Å². The molecule has 0 saturated carbocycles. The number of thiocarbonyl (C=S) groups is 1. The first-order valence-electron chi connectivity index (χ1n) is 9.20. The number of nitrogens with zero attached hydrogens (tertiary/aromatic N) is 2. The third-order valence-electron chi connectivity index (χ3n) is 4.33. The Bertz CT molecular complexity index is 1300. The number of benzene rings is 2. The zero-order chi connectivity index (χ0) is 23.5. The molecule has 1 N–H and O–H groups in total. The zero-order valence-corrected chi connectivity index (χ0v) is 19.5. The summed E-state index contributed by atoms with van der Waals surface area (Å²) in [5, 5.41) is 12.1. The van der Waals surface area contributed by atoms with Crippen molar-refractivity contribution < 1.29 is 18.0 Å². The van der Waals surface area contributed by atoms with Gasteiger partial charge in [0.1, 0.15) is 6.07 Å². The van der Waals surface area contributed by atoms with Crippen molar-refractivity contribution in [1.29, 1.82) is 5.26 Å². The number of sulfone groups is 1. The maximum Gasteiger partial charge on any atom is 0.270 e. The highest BCUT2D eigenvalue weighted by Crippen LogP contribution is 2.34. The molecule has 0 spiro atoms. The van der Waals surface area contributed by atoms with Crippen LogP contribution in [-0.4, -0.2) is 29.5 Å². The fourth-order valence-electron chi connectivity index (χ4n) is 2.73. The molecule has 0 aliphatic carbocycles. The van der Waals surface area contributed by atoms with E-state index in [1.54, 1.807) is 48.5 Å². The molecule has 1 heterocycles. The van der Waals surface area contributed by atoms with E-state index in [2.05, 4.69) is 5.32 Å². The van der Waals surface area contributed by atoms with Crippen LogP contribution >= 0.6 is 24.0 Å². The highest BCUT2D eigenvalue weighted by Gasteiger charge is 2.33. The summed E-state index contributed by atoms with van der Waals surface area (Å²) in [6, 6.07) is 14.6. The number of amides is 2. The molecule has 0 unspecified atom stereocenters. The van der Waals surface area contributed by atoms with Gasteiger partial charge in [0.2, 0.25) is 15.7 Å². The minimum Gasteiger partial charge on any atom is -0.326 e. The molecular weight excluding hydrogens is 466 g/mol. The summed E-state index contributed by atoms with van der Waals surface area (Å²) in [5.74, 6) is -0.725. The van der Waals surface area contributed by atoms with E-state index in [-0.39, 0.29) is 20.0 Å². The Morgan fingerprint density at radius 3 is 2.34 bits per heavy atom. The molecule has 7 nitrogen and oxygen atoms in total. The number of carbonyl (C=O) groups is 2. The fourth-order valence-corrected chi connectivity index (χ4v) is 5.05. The molecule has 10 heteroatoms. The van der Waals surface area contributed by atoms with Gasteiger partial charge in [-0.2, -0.15) is 5.26 Å². The maximum atomic E-state index is 12.8. The van der Waals surface area contributed by atoms with Crippen LogP contribution < -0.4 is 5.32 Å². The Morgan fingerprint density at radius 1 is 1.16 bits per heavy atom. The topological polar surface area (TPSA) is 107 Å². The van der Waals surface area contributed by atoms with Gasteiger partial charge in [0, 0.05) is 18.8 Å². The van der Waals surface area contributed by atoms with Gasteiger partial charge in [-0.1, -0.05) is 53.8 Å². The van der Waals surface area contributed by atoms with E-state index in [4.69, 9.17) is 12.2 Å². The summed E-state index contributed by atoms with van der Waals surface area (Å²) in [4.78, 5) is 24.6. The highest BCUT2D eigenvalue weighted by atomic mass is 32.2. The number of allylic oxidation sites excluding steroid dienone is 1. The summed E-state index contributed by atoms with van der Waals surface area (Å²) in [5.41, 5.74) is 2.18. The Hall–Kier alpha value is -3.26. The van der Waals surface area contributed by atoms with Crippen molar-refractivity contribution in [3.8, 4) is 6.07 Å². The molecule has 2 aromatic rings. The van der Waals surface area contributed by atoms with Crippen LogP contribution in [0.1, 0.15) is 18.1 Å². The molecule has 2 aromatic carbocycles. The van der Waals surface area contributed by atoms with Crippen LogP contribution in [0.2, 0.25) is 0 Å². The number of nitriles is 1. The van der Waals surface area contributed by atoms with E-state index in [1.807, 2.05) is 6.92 Å². The molecule has 0 aromatic heterocycles. The van der Waals surface area contributed by atoms with Crippen LogP contribution in [0.25, 0.3) is 6.08 Å². The van der Waals surface area contributed by atoms with Crippen LogP contribution in [0, 0.1) is 18.3 Å². The summed E-state index contributed by atoms with van der Waals surface area (Å²) >= 11 is 6.24. The van der Waals surface area contributed by atoms with Gasteiger partial charge < -0.3 is 5.32 Å². The number of rotatable bonds is 5. The summed E-state index contributed by atoms with van der Waals surface area (Å²) in [6.07, 6.45) is 2.57. The lowest BCUT2D eigenvalue weighted by molar-refractivity contribution is -0.120. The van der Waals surface area contributed by atoms with Crippen molar-refractivity contribution in [3.63, 3.8) is 0 Å². The maximum absolute atomic E-state index is 12.8. The molecule has 0 radical (unpaired) electrons. The van der Waals surface area contributed by atoms with Crippen molar-refractivity contribution in [2.75, 3.05) is 5.32 Å². The van der Waals surface area contributed by atoms with Gasteiger partial charge in [0.15, 0.2) is 9.23 Å². The summed E-state index contributed by atoms with van der Waals surface area (Å²) in [7, 11) is -4.11. The molecule has 1 saturated heterocycles. The van der Waals surface area contributed by atoms with Crippen LogP contribution in [0.5, 0.6) is 0 Å². The molecule has 2 amide bonds. The quantitative estimate of drug-likeness (QED) is 0.389. The van der Waals surface area contributed by atoms with Crippen LogP contribution in [-0.2, 0) is 19.4 Å². The SMILES string of the molecule is CC(=O)Nc1ccc(/C=C2\SC(=S)N(C=C(C#N)S(=O)(=O)c3ccc(C)cc3)C2=O)cc1. The Morgan fingerprint density at radius 2 is 1.78 bits per heavy atom. The molecule has 1 aliphatic heterocycles. The standard InChI is InChI=1S/C22H17N3O4S3/c1-14-3-9-18(10-4-14)32(28,29)19(12-23)13-25-21(27)20(31-22(25)30)11-16-5-7-17(8-6-16)24-15(2)26/h3-11,13H,1-2H3,(H,24,26)/b19-13?,20-11-. The second kappa shape index (κ2) is 9.48. The van der Waals surface area contributed by atoms with Gasteiger partial charge in [-0.15, -0.1) is 0 Å². The number of aryl methyl sites for hydroxylation is 1. The third kappa shape index (κ3) is 5.13. The second-order valence-corrected chi connectivity index (χ2v) is 10.4. The normalized spacial score (nSPS) is 15.7. The zero-order valence-electron chi connectivity index (χ0n) is 17.0. The number of anilines is 1. The van der Waals surface area contributed by atoms with E-state index in [0.29, 0.717) is 11.3 Å². The van der Waals surface area contributed by atoms with Gasteiger partial charge in [-0.25, -0.2) is 8.42 Å². The summed E-state index contributed by atoms with van der Waals surface area (Å²) in [6.45, 7) is 3.22. The van der Waals surface area contributed by atoms with Crippen LogP contribution in [0.3, 0.4) is 0 Å². The third-order valence-corrected chi connectivity index (χ3v) is 7.33. The van der Waals surface area contributed by atoms with Gasteiger partial charge in [0.05, 0.1) is 9.80 Å². The molecule has 3 rings (SSSR count). The van der Waals surface area contributed by atoms with E-state index < -0.39 is 20.6 Å². The molecule has 0 bridgehead atoms. The number of hydrogen-bond donors (Lipinski definition) is 1. The Kier molecular flexibility index (Phi) is 6.93. The highest BCUT2D eigenvalue weighted by molar-refractivity contribution is 8.26. The fraction of sp³-hybridized carbons (Fsp3) is 0.0909. The molecule has 1 aliphatic rings. The van der Waals surface area contributed by atoms with Crippen molar-refractivity contribution in [1.82, 2.24) is 4.90 Å². The smallest absolute Gasteiger partial charge is 0.270 e. The van der Waals surface area contributed by atoms with Crippen molar-refractivity contribution >= 4 is 61.7 Å². The molecule has 0 atom stereocenters. The van der Waals surface area contributed by atoms with E-state index >= 15 is 0 Å². The lowest BCUT2D eigenvalue weighted by Crippen LogP contribution is -2.23. The Balaban J connectivity index is 1.88. The predicted molar refractivity (Wildman–Crippen MR) is 128 cm³/mol. The number of thioether (sulfide) groups is 1. The van der Waals surface area contributed by atoms with Crippen molar-refractivity contribution in [2.24, 2.45) is 0 Å². The predicted octanol–water partition coefficient (Wildman–Crippen LogP) is 3.99. The molecule has 32 heavy (non-hydrogen) atoms. The average molecular weight is 484 g/mol. The van der Waals surface area contributed by atoms with Crippen LogP contribution in [0.4, 0.5) is 5.69 Å².